The zero-order valence-electron chi connectivity index (χ0n) is 12.6. The number of aliphatic imine (C=N–C) groups is 1. The second-order valence-electron chi connectivity index (χ2n) is 7.40. The summed E-state index contributed by atoms with van der Waals surface area (Å²) in [5.74, 6) is 2.33. The molecular weight excluding hydrogens is 284 g/mol. The molecule has 2 unspecified atom stereocenters. The number of hydrogen-bond acceptors (Lipinski definition) is 4. The van der Waals surface area contributed by atoms with Crippen LogP contribution >= 0.6 is 11.8 Å². The van der Waals surface area contributed by atoms with E-state index in [-0.39, 0.29) is 10.7 Å². The first kappa shape index (κ1) is 14.1. The van der Waals surface area contributed by atoms with Crippen molar-refractivity contribution < 1.29 is 9.53 Å². The molecular formula is C16H24N2O2S. The number of ether oxygens (including phenoxy) is 1. The summed E-state index contributed by atoms with van der Waals surface area (Å²) in [6, 6.07) is 0.462. The van der Waals surface area contributed by atoms with E-state index in [0.717, 1.165) is 43.1 Å². The van der Waals surface area contributed by atoms with Gasteiger partial charge in [0.2, 0.25) is 5.91 Å². The summed E-state index contributed by atoms with van der Waals surface area (Å²) in [4.78, 5) is 17.3. The average Bonchev–Trinajstić information content (AvgIpc) is 3.17. The van der Waals surface area contributed by atoms with Gasteiger partial charge in [0.1, 0.15) is 0 Å². The topological polar surface area (TPSA) is 50.7 Å². The lowest BCUT2D eigenvalue weighted by Crippen LogP contribution is -2.35. The monoisotopic (exact) mass is 308 g/mol. The fourth-order valence-corrected chi connectivity index (χ4v) is 5.74. The Morgan fingerprint density at radius 2 is 2.29 bits per heavy atom. The van der Waals surface area contributed by atoms with Crippen molar-refractivity contribution in [2.45, 2.75) is 56.2 Å². The van der Waals surface area contributed by atoms with E-state index in [4.69, 9.17) is 9.73 Å². The van der Waals surface area contributed by atoms with Gasteiger partial charge >= 0.3 is 0 Å². The molecule has 4 nitrogen and oxygen atoms in total. The summed E-state index contributed by atoms with van der Waals surface area (Å²) >= 11 is 1.66. The molecule has 2 saturated heterocycles. The minimum absolute atomic E-state index is 0.140. The van der Waals surface area contributed by atoms with Crippen molar-refractivity contribution in [3.05, 3.63) is 0 Å². The molecule has 2 saturated carbocycles. The molecule has 2 aliphatic heterocycles. The van der Waals surface area contributed by atoms with E-state index in [1.165, 1.54) is 25.7 Å². The maximum atomic E-state index is 12.4. The van der Waals surface area contributed by atoms with Crippen molar-refractivity contribution in [3.63, 3.8) is 0 Å². The number of amidine groups is 1. The Balaban J connectivity index is 1.43. The second kappa shape index (κ2) is 5.27. The molecule has 2 aliphatic carbocycles. The number of nitrogens with zero attached hydrogens (tertiary/aromatic N) is 1. The minimum Gasteiger partial charge on any atom is -0.381 e. The zero-order valence-corrected chi connectivity index (χ0v) is 13.5. The van der Waals surface area contributed by atoms with Gasteiger partial charge < -0.3 is 10.1 Å². The summed E-state index contributed by atoms with van der Waals surface area (Å²) in [7, 11) is 0. The Bertz CT molecular complexity index is 475. The van der Waals surface area contributed by atoms with Gasteiger partial charge in [-0.1, -0.05) is 18.2 Å². The Labute approximate surface area is 130 Å². The first-order valence-corrected chi connectivity index (χ1v) is 9.10. The molecule has 2 heterocycles. The van der Waals surface area contributed by atoms with Crippen molar-refractivity contribution in [3.8, 4) is 0 Å². The smallest absolute Gasteiger partial charge is 0.242 e. The zero-order chi connectivity index (χ0) is 14.4. The van der Waals surface area contributed by atoms with E-state index in [0.29, 0.717) is 12.0 Å². The Hall–Kier alpha value is -0.550. The van der Waals surface area contributed by atoms with Crippen LogP contribution in [-0.4, -0.2) is 35.1 Å². The predicted molar refractivity (Wildman–Crippen MR) is 84.4 cm³/mol. The highest BCUT2D eigenvalue weighted by Crippen LogP contribution is 2.47. The average molecular weight is 308 g/mol. The fraction of sp³-hybridized carbons (Fsp3) is 0.875. The van der Waals surface area contributed by atoms with E-state index >= 15 is 0 Å². The predicted octanol–water partition coefficient (Wildman–Crippen LogP) is 2.58. The number of hydrogen-bond donors (Lipinski definition) is 1. The molecule has 0 radical (unpaired) electrons. The first-order valence-electron chi connectivity index (χ1n) is 8.28. The van der Waals surface area contributed by atoms with E-state index in [1.54, 1.807) is 11.8 Å². The van der Waals surface area contributed by atoms with Crippen molar-refractivity contribution in [2.75, 3.05) is 13.2 Å². The lowest BCUT2D eigenvalue weighted by atomic mass is 9.94. The summed E-state index contributed by atoms with van der Waals surface area (Å²) in [5.41, 5.74) is 0. The van der Waals surface area contributed by atoms with Gasteiger partial charge in [0.15, 0.2) is 5.17 Å². The van der Waals surface area contributed by atoms with Gasteiger partial charge in [-0.15, -0.1) is 0 Å². The minimum atomic E-state index is -0.352. The lowest BCUT2D eigenvalue weighted by Gasteiger charge is -2.22. The van der Waals surface area contributed by atoms with E-state index in [2.05, 4.69) is 12.2 Å². The van der Waals surface area contributed by atoms with Gasteiger partial charge in [-0.05, 0) is 56.8 Å². The van der Waals surface area contributed by atoms with Crippen molar-refractivity contribution in [1.82, 2.24) is 5.32 Å². The standard InChI is InChI=1S/C16H24N2O2S/c1-16(8-11-4-5-20-9-11)14(19)18-15(21-16)17-13-7-10-2-3-12(13)6-10/h10-13H,2-9H2,1H3,(H,17,18,19)/t10-,11?,12+,13+,16?/m1/s1. The molecule has 21 heavy (non-hydrogen) atoms. The van der Waals surface area contributed by atoms with Crippen LogP contribution in [-0.2, 0) is 9.53 Å². The summed E-state index contributed by atoms with van der Waals surface area (Å²) in [5, 5.41) is 3.91. The fourth-order valence-electron chi connectivity index (χ4n) is 4.52. The SMILES string of the molecule is CC1(CC2CCOC2)SC(=N[C@H]2C[C@@H]3CC[C@H]2C3)NC1=O. The molecule has 116 valence electrons. The molecule has 0 spiro atoms. The Morgan fingerprint density at radius 3 is 2.95 bits per heavy atom. The van der Waals surface area contributed by atoms with Gasteiger partial charge in [-0.2, -0.15) is 0 Å². The highest BCUT2D eigenvalue weighted by Gasteiger charge is 2.46. The van der Waals surface area contributed by atoms with Crippen LogP contribution < -0.4 is 5.32 Å². The number of nitrogens with one attached hydrogen (secondary N) is 1. The van der Waals surface area contributed by atoms with Crippen molar-refractivity contribution >= 4 is 22.8 Å². The van der Waals surface area contributed by atoms with Crippen LogP contribution in [0.25, 0.3) is 0 Å². The van der Waals surface area contributed by atoms with Crippen LogP contribution in [0.4, 0.5) is 0 Å². The number of amides is 1. The van der Waals surface area contributed by atoms with Crippen LogP contribution in [0.15, 0.2) is 4.99 Å². The van der Waals surface area contributed by atoms with Crippen molar-refractivity contribution in [1.29, 1.82) is 0 Å². The maximum absolute atomic E-state index is 12.4. The summed E-state index contributed by atoms with van der Waals surface area (Å²) < 4.78 is 5.09. The number of carbonyl (C=O) groups is 1. The largest absolute Gasteiger partial charge is 0.381 e. The molecule has 0 aromatic rings. The summed E-state index contributed by atoms with van der Waals surface area (Å²) in [6.45, 7) is 3.72. The third-order valence-electron chi connectivity index (χ3n) is 5.71. The molecule has 5 atom stereocenters. The van der Waals surface area contributed by atoms with Gasteiger partial charge in [0, 0.05) is 13.2 Å². The lowest BCUT2D eigenvalue weighted by molar-refractivity contribution is -0.121. The highest BCUT2D eigenvalue weighted by atomic mass is 32.2. The van der Waals surface area contributed by atoms with Crippen LogP contribution in [0.2, 0.25) is 0 Å². The van der Waals surface area contributed by atoms with Gasteiger partial charge in [-0.3, -0.25) is 9.79 Å². The quantitative estimate of drug-likeness (QED) is 0.872. The van der Waals surface area contributed by atoms with Crippen LogP contribution in [0.1, 0.15) is 45.4 Å². The van der Waals surface area contributed by atoms with Gasteiger partial charge in [-0.25, -0.2) is 0 Å². The molecule has 4 aliphatic rings. The number of fused-ring (bicyclic) bond motifs is 2. The molecule has 1 N–H and O–H groups in total. The third-order valence-corrected chi connectivity index (χ3v) is 6.91. The van der Waals surface area contributed by atoms with Crippen LogP contribution in [0.3, 0.4) is 0 Å². The van der Waals surface area contributed by atoms with E-state index in [9.17, 15) is 4.79 Å². The molecule has 1 amide bonds. The normalized spacial score (nSPS) is 47.5. The van der Waals surface area contributed by atoms with Crippen molar-refractivity contribution in [2.24, 2.45) is 22.7 Å². The molecule has 5 heteroatoms. The van der Waals surface area contributed by atoms with Crippen LogP contribution in [0.5, 0.6) is 0 Å². The molecule has 2 bridgehead atoms. The maximum Gasteiger partial charge on any atom is 0.242 e. The van der Waals surface area contributed by atoms with Gasteiger partial charge in [0.05, 0.1) is 10.8 Å². The molecule has 0 aromatic heterocycles. The Morgan fingerprint density at radius 1 is 1.38 bits per heavy atom. The first-order chi connectivity index (χ1) is 10.1. The highest BCUT2D eigenvalue weighted by molar-refractivity contribution is 8.16. The van der Waals surface area contributed by atoms with Crippen LogP contribution in [0, 0.1) is 17.8 Å². The number of thioether (sulfide) groups is 1. The van der Waals surface area contributed by atoms with Gasteiger partial charge in [0.25, 0.3) is 0 Å². The summed E-state index contributed by atoms with van der Waals surface area (Å²) in [6.07, 6.45) is 7.31. The third kappa shape index (κ3) is 2.63. The Kier molecular flexibility index (Phi) is 3.53. The number of carbonyl (C=O) groups excluding carboxylic acids is 1. The molecule has 4 fully saturated rings. The second-order valence-corrected chi connectivity index (χ2v) is 8.89. The van der Waals surface area contributed by atoms with E-state index in [1.807, 2.05) is 0 Å². The molecule has 4 rings (SSSR count). The number of rotatable bonds is 3. The van der Waals surface area contributed by atoms with E-state index < -0.39 is 0 Å². The molecule has 0 aromatic carbocycles.